The molecule has 9 nitrogen and oxygen atoms in total. The van der Waals surface area contributed by atoms with E-state index < -0.39 is 5.97 Å². The van der Waals surface area contributed by atoms with Crippen molar-refractivity contribution in [2.45, 2.75) is 38.1 Å². The zero-order valence-corrected chi connectivity index (χ0v) is 25.7. The average Bonchev–Trinajstić information content (AvgIpc) is 3.29. The molecule has 3 fully saturated rings. The Kier molecular flexibility index (Phi) is 10.9. The number of thioether (sulfide) groups is 1. The standard InChI is InChI=1S/C32H37N3O6S2/c36-29(33-26-9-6-23(7-10-26)31(38)39)12-13-35-30(37)28(43-32(35)42)21-25-20-24(22-4-2-1-3-5-22)8-11-27(25)41-19-16-34-14-17-40-18-15-34/h1-5,8,11,20-21,23,26H,6-7,9-10,12-19H2,(H,33,36)(H,38,39)/b28-21-. The maximum atomic E-state index is 13.4. The van der Waals surface area contributed by atoms with Crippen molar-refractivity contribution in [1.82, 2.24) is 15.1 Å². The number of benzene rings is 2. The molecule has 1 saturated carbocycles. The van der Waals surface area contributed by atoms with Gasteiger partial charge in [-0.3, -0.25) is 24.2 Å². The first-order chi connectivity index (χ1) is 20.9. The number of hydrogen-bond acceptors (Lipinski definition) is 8. The number of carboxylic acid groups (broad SMARTS) is 1. The lowest BCUT2D eigenvalue weighted by Crippen LogP contribution is -2.40. The Labute approximate surface area is 261 Å². The molecule has 228 valence electrons. The summed E-state index contributed by atoms with van der Waals surface area (Å²) in [6.45, 7) is 4.72. The predicted octanol–water partition coefficient (Wildman–Crippen LogP) is 4.42. The van der Waals surface area contributed by atoms with Crippen molar-refractivity contribution in [3.05, 3.63) is 59.0 Å². The number of nitrogens with zero attached hydrogens (tertiary/aromatic N) is 2. The van der Waals surface area contributed by atoms with E-state index in [1.54, 1.807) is 0 Å². The van der Waals surface area contributed by atoms with Gasteiger partial charge in [0.05, 0.1) is 24.0 Å². The molecule has 0 radical (unpaired) electrons. The van der Waals surface area contributed by atoms with Crippen molar-refractivity contribution in [3.8, 4) is 16.9 Å². The average molecular weight is 624 g/mol. The van der Waals surface area contributed by atoms with Gasteiger partial charge in [-0.1, -0.05) is 60.4 Å². The van der Waals surface area contributed by atoms with Gasteiger partial charge in [0, 0.05) is 44.2 Å². The SMILES string of the molecule is O=C(CCN1C(=O)/C(=C/c2cc(-c3ccccc3)ccc2OCCN2CCOCC2)SC1=S)NC1CCC(C(=O)O)CC1. The third-order valence-corrected chi connectivity index (χ3v) is 9.43. The van der Waals surface area contributed by atoms with E-state index in [0.717, 1.165) is 49.5 Å². The molecule has 2 aliphatic heterocycles. The highest BCUT2D eigenvalue weighted by molar-refractivity contribution is 8.26. The summed E-state index contributed by atoms with van der Waals surface area (Å²) in [5.41, 5.74) is 2.86. The number of ether oxygens (including phenoxy) is 2. The minimum Gasteiger partial charge on any atom is -0.492 e. The normalized spacial score (nSPS) is 22.1. The Hall–Kier alpha value is -3.25. The van der Waals surface area contributed by atoms with Crippen LogP contribution in [0.2, 0.25) is 0 Å². The lowest BCUT2D eigenvalue weighted by molar-refractivity contribution is -0.142. The summed E-state index contributed by atoms with van der Waals surface area (Å²) in [7, 11) is 0. The van der Waals surface area contributed by atoms with E-state index >= 15 is 0 Å². The molecule has 2 aromatic carbocycles. The highest BCUT2D eigenvalue weighted by Crippen LogP contribution is 2.36. The summed E-state index contributed by atoms with van der Waals surface area (Å²) in [5, 5.41) is 12.2. The fraction of sp³-hybridized carbons (Fsp3) is 0.438. The van der Waals surface area contributed by atoms with Crippen molar-refractivity contribution < 1.29 is 29.0 Å². The van der Waals surface area contributed by atoms with Crippen molar-refractivity contribution in [2.75, 3.05) is 46.0 Å². The Balaban J connectivity index is 1.23. The molecule has 43 heavy (non-hydrogen) atoms. The number of hydrogen-bond donors (Lipinski definition) is 2. The van der Waals surface area contributed by atoms with Gasteiger partial charge in [-0.25, -0.2) is 0 Å². The van der Waals surface area contributed by atoms with Crippen molar-refractivity contribution in [3.63, 3.8) is 0 Å². The molecule has 2 heterocycles. The van der Waals surface area contributed by atoms with Crippen LogP contribution in [-0.4, -0.2) is 89.1 Å². The maximum Gasteiger partial charge on any atom is 0.306 e. The fourth-order valence-corrected chi connectivity index (χ4v) is 6.84. The molecule has 2 aromatic rings. The molecule has 0 atom stereocenters. The number of carbonyl (C=O) groups is 3. The first-order valence-electron chi connectivity index (χ1n) is 14.8. The molecule has 0 spiro atoms. The Bertz CT molecular complexity index is 1350. The molecule has 1 aliphatic carbocycles. The minimum absolute atomic E-state index is 0.0345. The van der Waals surface area contributed by atoms with E-state index in [0.29, 0.717) is 47.3 Å². The number of thiocarbonyl (C=S) groups is 1. The van der Waals surface area contributed by atoms with E-state index in [2.05, 4.69) is 10.2 Å². The van der Waals surface area contributed by atoms with Gasteiger partial charge in [0.1, 0.15) is 16.7 Å². The molecule has 2 N–H and O–H groups in total. The number of morpholine rings is 1. The quantitative estimate of drug-likeness (QED) is 0.278. The van der Waals surface area contributed by atoms with Crippen LogP contribution in [0.3, 0.4) is 0 Å². The van der Waals surface area contributed by atoms with E-state index in [1.165, 1.54) is 16.7 Å². The Morgan fingerprint density at radius 3 is 2.51 bits per heavy atom. The lowest BCUT2D eigenvalue weighted by Gasteiger charge is -2.27. The van der Waals surface area contributed by atoms with Crippen LogP contribution in [0.5, 0.6) is 5.75 Å². The number of aliphatic carboxylic acids is 1. The maximum absolute atomic E-state index is 13.4. The number of carbonyl (C=O) groups excluding carboxylic acids is 2. The third-order valence-electron chi connectivity index (χ3n) is 8.05. The van der Waals surface area contributed by atoms with Crippen LogP contribution in [0.25, 0.3) is 17.2 Å². The van der Waals surface area contributed by atoms with E-state index in [-0.39, 0.29) is 36.7 Å². The molecule has 0 aromatic heterocycles. The molecule has 2 amide bonds. The topological polar surface area (TPSA) is 108 Å². The van der Waals surface area contributed by atoms with E-state index in [4.69, 9.17) is 21.7 Å². The second-order valence-electron chi connectivity index (χ2n) is 11.0. The van der Waals surface area contributed by atoms with Gasteiger partial charge in [-0.15, -0.1) is 0 Å². The number of amides is 2. The number of rotatable bonds is 11. The Morgan fingerprint density at radius 2 is 1.79 bits per heavy atom. The summed E-state index contributed by atoms with van der Waals surface area (Å²) >= 11 is 6.76. The van der Waals surface area contributed by atoms with Crippen LogP contribution in [0.4, 0.5) is 0 Å². The van der Waals surface area contributed by atoms with Crippen molar-refractivity contribution in [1.29, 1.82) is 0 Å². The summed E-state index contributed by atoms with van der Waals surface area (Å²) in [5.74, 6) is -0.808. The van der Waals surface area contributed by atoms with Gasteiger partial charge in [0.25, 0.3) is 5.91 Å². The first-order valence-corrected chi connectivity index (χ1v) is 16.0. The van der Waals surface area contributed by atoms with Crippen LogP contribution in [0, 0.1) is 5.92 Å². The van der Waals surface area contributed by atoms with Gasteiger partial charge in [0.15, 0.2) is 0 Å². The number of nitrogens with one attached hydrogen (secondary N) is 1. The minimum atomic E-state index is -0.773. The molecule has 0 bridgehead atoms. The van der Waals surface area contributed by atoms with Crippen LogP contribution in [0.1, 0.15) is 37.7 Å². The third kappa shape index (κ3) is 8.44. The van der Waals surface area contributed by atoms with Crippen molar-refractivity contribution in [2.24, 2.45) is 5.92 Å². The lowest BCUT2D eigenvalue weighted by atomic mass is 9.86. The van der Waals surface area contributed by atoms with Crippen molar-refractivity contribution >= 4 is 52.2 Å². The molecule has 3 aliphatic rings. The molecule has 2 saturated heterocycles. The van der Waals surface area contributed by atoms with Gasteiger partial charge in [-0.05, 0) is 55.0 Å². The second-order valence-corrected chi connectivity index (χ2v) is 12.6. The second kappa shape index (κ2) is 15.0. The van der Waals surface area contributed by atoms with Crippen LogP contribution < -0.4 is 10.1 Å². The molecule has 11 heteroatoms. The van der Waals surface area contributed by atoms with Gasteiger partial charge < -0.3 is 19.9 Å². The van der Waals surface area contributed by atoms with Crippen LogP contribution in [0.15, 0.2) is 53.4 Å². The van der Waals surface area contributed by atoms with E-state index in [1.807, 2.05) is 54.6 Å². The van der Waals surface area contributed by atoms with E-state index in [9.17, 15) is 19.5 Å². The van der Waals surface area contributed by atoms with Crippen LogP contribution >= 0.6 is 24.0 Å². The molecular weight excluding hydrogens is 587 g/mol. The highest BCUT2D eigenvalue weighted by Gasteiger charge is 2.33. The van der Waals surface area contributed by atoms with Gasteiger partial charge in [0.2, 0.25) is 5.91 Å². The van der Waals surface area contributed by atoms with Gasteiger partial charge in [-0.2, -0.15) is 0 Å². The van der Waals surface area contributed by atoms with Crippen LogP contribution in [-0.2, 0) is 19.1 Å². The fourth-order valence-electron chi connectivity index (χ4n) is 5.54. The predicted molar refractivity (Wildman–Crippen MR) is 171 cm³/mol. The largest absolute Gasteiger partial charge is 0.492 e. The summed E-state index contributed by atoms with van der Waals surface area (Å²) in [6, 6.07) is 16.0. The molecule has 5 rings (SSSR count). The highest BCUT2D eigenvalue weighted by atomic mass is 32.2. The molecule has 0 unspecified atom stereocenters. The summed E-state index contributed by atoms with van der Waals surface area (Å²) in [4.78, 5) is 41.5. The zero-order valence-electron chi connectivity index (χ0n) is 24.0. The number of carboxylic acids is 1. The smallest absolute Gasteiger partial charge is 0.306 e. The summed E-state index contributed by atoms with van der Waals surface area (Å²) < 4.78 is 12.1. The monoisotopic (exact) mass is 623 g/mol. The van der Waals surface area contributed by atoms with Gasteiger partial charge >= 0.3 is 5.97 Å². The zero-order chi connectivity index (χ0) is 30.2. The molecular formula is C32H37N3O6S2. The first kappa shape index (κ1) is 31.2. The summed E-state index contributed by atoms with van der Waals surface area (Å²) in [6.07, 6.45) is 4.36. The Morgan fingerprint density at radius 1 is 1.05 bits per heavy atom.